The van der Waals surface area contributed by atoms with Gasteiger partial charge in [0, 0.05) is 44.9 Å². The maximum atomic E-state index is 5.17. The zero-order valence-corrected chi connectivity index (χ0v) is 14.3. The minimum absolute atomic E-state index is 0.575. The van der Waals surface area contributed by atoms with Crippen LogP contribution in [0.2, 0.25) is 0 Å². The van der Waals surface area contributed by atoms with Crippen molar-refractivity contribution in [2.45, 2.75) is 18.9 Å². The fourth-order valence-corrected chi connectivity index (χ4v) is 3.14. The SMILES string of the molecule is CN=C(NCc1ccnc(OC)c1)N1CCC(c2ccccc2)C1. The Labute approximate surface area is 143 Å². The Morgan fingerprint density at radius 2 is 2.17 bits per heavy atom. The summed E-state index contributed by atoms with van der Waals surface area (Å²) >= 11 is 0. The van der Waals surface area contributed by atoms with E-state index in [2.05, 4.69) is 50.5 Å². The number of ether oxygens (including phenoxy) is 1. The number of methoxy groups -OCH3 is 1. The zero-order chi connectivity index (χ0) is 16.8. The van der Waals surface area contributed by atoms with E-state index in [1.165, 1.54) is 5.56 Å². The van der Waals surface area contributed by atoms with Crippen LogP contribution in [0.25, 0.3) is 0 Å². The first-order valence-corrected chi connectivity index (χ1v) is 8.29. The van der Waals surface area contributed by atoms with Gasteiger partial charge in [0.1, 0.15) is 0 Å². The van der Waals surface area contributed by atoms with Crippen LogP contribution in [-0.4, -0.2) is 43.1 Å². The molecule has 1 saturated heterocycles. The van der Waals surface area contributed by atoms with Crippen molar-refractivity contribution in [3.8, 4) is 5.88 Å². The summed E-state index contributed by atoms with van der Waals surface area (Å²) in [4.78, 5) is 10.9. The standard InChI is InChI=1S/C19H24N4O/c1-20-19(22-13-15-8-10-21-18(12-15)24-2)23-11-9-17(14-23)16-6-4-3-5-7-16/h3-8,10,12,17H,9,11,13-14H2,1-2H3,(H,20,22). The molecule has 2 aromatic rings. The van der Waals surface area contributed by atoms with Crippen LogP contribution in [0.1, 0.15) is 23.5 Å². The van der Waals surface area contributed by atoms with E-state index in [-0.39, 0.29) is 0 Å². The van der Waals surface area contributed by atoms with Crippen LogP contribution in [0.5, 0.6) is 5.88 Å². The van der Waals surface area contributed by atoms with Crippen LogP contribution < -0.4 is 10.1 Å². The summed E-state index contributed by atoms with van der Waals surface area (Å²) in [5, 5.41) is 3.44. The predicted molar refractivity (Wildman–Crippen MR) is 96.4 cm³/mol. The molecule has 1 atom stereocenters. The first-order chi connectivity index (χ1) is 11.8. The monoisotopic (exact) mass is 324 g/mol. The van der Waals surface area contributed by atoms with E-state index in [0.717, 1.165) is 31.0 Å². The van der Waals surface area contributed by atoms with Gasteiger partial charge in [-0.3, -0.25) is 4.99 Å². The molecular weight excluding hydrogens is 300 g/mol. The van der Waals surface area contributed by atoms with Gasteiger partial charge in [0.2, 0.25) is 5.88 Å². The van der Waals surface area contributed by atoms with E-state index in [1.54, 1.807) is 13.3 Å². The number of likely N-dealkylation sites (tertiary alicyclic amines) is 1. The Morgan fingerprint density at radius 1 is 1.33 bits per heavy atom. The summed E-state index contributed by atoms with van der Waals surface area (Å²) in [6.07, 6.45) is 2.92. The number of guanidine groups is 1. The van der Waals surface area contributed by atoms with Crippen LogP contribution in [0.4, 0.5) is 0 Å². The Kier molecular flexibility index (Phi) is 5.31. The van der Waals surface area contributed by atoms with E-state index in [4.69, 9.17) is 4.74 Å². The minimum Gasteiger partial charge on any atom is -0.481 e. The molecule has 1 aromatic carbocycles. The third kappa shape index (κ3) is 3.85. The van der Waals surface area contributed by atoms with Gasteiger partial charge >= 0.3 is 0 Å². The number of nitrogens with zero attached hydrogens (tertiary/aromatic N) is 3. The van der Waals surface area contributed by atoms with Gasteiger partial charge in [0.05, 0.1) is 7.11 Å². The molecule has 0 amide bonds. The van der Waals surface area contributed by atoms with Crippen molar-refractivity contribution >= 4 is 5.96 Å². The van der Waals surface area contributed by atoms with Gasteiger partial charge in [-0.05, 0) is 23.6 Å². The summed E-state index contributed by atoms with van der Waals surface area (Å²) in [6, 6.07) is 14.7. The van der Waals surface area contributed by atoms with Gasteiger partial charge in [-0.1, -0.05) is 30.3 Å². The molecular formula is C19H24N4O. The van der Waals surface area contributed by atoms with Gasteiger partial charge in [0.15, 0.2) is 5.96 Å². The molecule has 1 aromatic heterocycles. The van der Waals surface area contributed by atoms with Gasteiger partial charge in [0.25, 0.3) is 0 Å². The van der Waals surface area contributed by atoms with Gasteiger partial charge < -0.3 is 15.0 Å². The Hall–Kier alpha value is -2.56. The molecule has 0 aliphatic carbocycles. The third-order valence-electron chi connectivity index (χ3n) is 4.43. The molecule has 1 N–H and O–H groups in total. The molecule has 0 spiro atoms. The maximum Gasteiger partial charge on any atom is 0.213 e. The zero-order valence-electron chi connectivity index (χ0n) is 14.3. The molecule has 1 aliphatic heterocycles. The van der Waals surface area contributed by atoms with Gasteiger partial charge in [-0.2, -0.15) is 0 Å². The van der Waals surface area contributed by atoms with Crippen molar-refractivity contribution in [2.75, 3.05) is 27.2 Å². The van der Waals surface area contributed by atoms with E-state index < -0.39 is 0 Å². The summed E-state index contributed by atoms with van der Waals surface area (Å²) in [5.74, 6) is 2.16. The van der Waals surface area contributed by atoms with Crippen molar-refractivity contribution in [3.05, 3.63) is 59.8 Å². The lowest BCUT2D eigenvalue weighted by Crippen LogP contribution is -2.39. The number of hydrogen-bond donors (Lipinski definition) is 1. The summed E-state index contributed by atoms with van der Waals surface area (Å²) < 4.78 is 5.17. The molecule has 2 heterocycles. The van der Waals surface area contributed by atoms with E-state index >= 15 is 0 Å². The second-order valence-corrected chi connectivity index (χ2v) is 5.95. The Morgan fingerprint density at radius 3 is 2.92 bits per heavy atom. The molecule has 0 saturated carbocycles. The molecule has 1 fully saturated rings. The number of pyridine rings is 1. The van der Waals surface area contributed by atoms with E-state index in [9.17, 15) is 0 Å². The number of aromatic nitrogens is 1. The van der Waals surface area contributed by atoms with E-state index in [1.807, 2.05) is 19.2 Å². The lowest BCUT2D eigenvalue weighted by molar-refractivity contribution is 0.397. The molecule has 5 heteroatoms. The number of nitrogens with one attached hydrogen (secondary N) is 1. The van der Waals surface area contributed by atoms with Crippen LogP contribution in [0.3, 0.4) is 0 Å². The smallest absolute Gasteiger partial charge is 0.213 e. The van der Waals surface area contributed by atoms with Crippen LogP contribution in [0, 0.1) is 0 Å². The number of benzene rings is 1. The molecule has 126 valence electrons. The van der Waals surface area contributed by atoms with Crippen LogP contribution in [-0.2, 0) is 6.54 Å². The van der Waals surface area contributed by atoms with Gasteiger partial charge in [-0.15, -0.1) is 0 Å². The quantitative estimate of drug-likeness (QED) is 0.694. The van der Waals surface area contributed by atoms with E-state index in [0.29, 0.717) is 18.3 Å². The number of aliphatic imine (C=N–C) groups is 1. The topological polar surface area (TPSA) is 49.8 Å². The minimum atomic E-state index is 0.575. The lowest BCUT2D eigenvalue weighted by atomic mass is 9.99. The van der Waals surface area contributed by atoms with Gasteiger partial charge in [-0.25, -0.2) is 4.98 Å². The molecule has 0 radical (unpaired) electrons. The van der Waals surface area contributed by atoms with Crippen molar-refractivity contribution in [2.24, 2.45) is 4.99 Å². The Bertz CT molecular complexity index is 687. The first-order valence-electron chi connectivity index (χ1n) is 8.29. The fourth-order valence-electron chi connectivity index (χ4n) is 3.14. The highest BCUT2D eigenvalue weighted by Gasteiger charge is 2.25. The van der Waals surface area contributed by atoms with Crippen LogP contribution in [0.15, 0.2) is 53.7 Å². The number of rotatable bonds is 4. The highest BCUT2D eigenvalue weighted by Crippen LogP contribution is 2.26. The van der Waals surface area contributed by atoms with Crippen molar-refractivity contribution in [1.82, 2.24) is 15.2 Å². The fraction of sp³-hybridized carbons (Fsp3) is 0.368. The second kappa shape index (κ2) is 7.81. The second-order valence-electron chi connectivity index (χ2n) is 5.95. The number of hydrogen-bond acceptors (Lipinski definition) is 3. The molecule has 1 aliphatic rings. The summed E-state index contributed by atoms with van der Waals surface area (Å²) in [6.45, 7) is 2.74. The molecule has 1 unspecified atom stereocenters. The third-order valence-corrected chi connectivity index (χ3v) is 4.43. The molecule has 5 nitrogen and oxygen atoms in total. The highest BCUT2D eigenvalue weighted by molar-refractivity contribution is 5.80. The van der Waals surface area contributed by atoms with Crippen molar-refractivity contribution in [1.29, 1.82) is 0 Å². The highest BCUT2D eigenvalue weighted by atomic mass is 16.5. The maximum absolute atomic E-state index is 5.17. The predicted octanol–water partition coefficient (Wildman–Crippen LogP) is 2.66. The summed E-state index contributed by atoms with van der Waals surface area (Å²) in [5.41, 5.74) is 2.54. The Balaban J connectivity index is 1.59. The van der Waals surface area contributed by atoms with Crippen molar-refractivity contribution < 1.29 is 4.74 Å². The normalized spacial score (nSPS) is 17.8. The molecule has 24 heavy (non-hydrogen) atoms. The average Bonchev–Trinajstić information content (AvgIpc) is 3.13. The summed E-state index contributed by atoms with van der Waals surface area (Å²) in [7, 11) is 3.47. The average molecular weight is 324 g/mol. The largest absolute Gasteiger partial charge is 0.481 e. The molecule has 3 rings (SSSR count). The molecule has 0 bridgehead atoms. The van der Waals surface area contributed by atoms with Crippen LogP contribution >= 0.6 is 0 Å². The lowest BCUT2D eigenvalue weighted by Gasteiger charge is -2.22. The van der Waals surface area contributed by atoms with Crippen molar-refractivity contribution in [3.63, 3.8) is 0 Å². The first kappa shape index (κ1) is 16.3.